The summed E-state index contributed by atoms with van der Waals surface area (Å²) in [7, 11) is 0. The van der Waals surface area contributed by atoms with E-state index in [9.17, 15) is 0 Å². The van der Waals surface area contributed by atoms with E-state index in [1.807, 2.05) is 0 Å². The molecule has 1 spiro atoms. The first-order valence-corrected chi connectivity index (χ1v) is 18.8. The van der Waals surface area contributed by atoms with Crippen molar-refractivity contribution in [3.05, 3.63) is 221 Å². The Hall–Kier alpha value is -6.64. The molecular weight excluding hydrogens is 655 g/mol. The van der Waals surface area contributed by atoms with Crippen LogP contribution in [-0.2, 0) is 10.8 Å². The molecule has 1 aliphatic heterocycles. The van der Waals surface area contributed by atoms with E-state index in [0.717, 1.165) is 39.7 Å². The molecule has 1 heterocycles. The molecule has 0 bridgehead atoms. The lowest BCUT2D eigenvalue weighted by Gasteiger charge is -2.39. The second kappa shape index (κ2) is 11.4. The van der Waals surface area contributed by atoms with Crippen molar-refractivity contribution < 1.29 is 4.74 Å². The van der Waals surface area contributed by atoms with Gasteiger partial charge in [-0.2, -0.15) is 0 Å². The van der Waals surface area contributed by atoms with Crippen LogP contribution in [0.1, 0.15) is 47.2 Å². The molecular formula is C52H37NO. The third-order valence-electron chi connectivity index (χ3n) is 12.1. The smallest absolute Gasteiger partial charge is 0.132 e. The Balaban J connectivity index is 1.04. The van der Waals surface area contributed by atoms with Gasteiger partial charge in [0.15, 0.2) is 0 Å². The zero-order valence-electron chi connectivity index (χ0n) is 30.3. The van der Waals surface area contributed by atoms with E-state index < -0.39 is 5.41 Å². The largest absolute Gasteiger partial charge is 0.457 e. The van der Waals surface area contributed by atoms with Gasteiger partial charge in [0.25, 0.3) is 0 Å². The number of hydrogen-bond acceptors (Lipinski definition) is 2. The molecule has 0 saturated heterocycles. The highest BCUT2D eigenvalue weighted by molar-refractivity contribution is 5.90. The molecule has 0 fully saturated rings. The van der Waals surface area contributed by atoms with Gasteiger partial charge in [-0.25, -0.2) is 0 Å². The van der Waals surface area contributed by atoms with E-state index in [0.29, 0.717) is 0 Å². The van der Waals surface area contributed by atoms with Gasteiger partial charge in [0.2, 0.25) is 0 Å². The molecule has 0 radical (unpaired) electrons. The van der Waals surface area contributed by atoms with Crippen LogP contribution in [-0.4, -0.2) is 0 Å². The van der Waals surface area contributed by atoms with Crippen molar-refractivity contribution in [1.82, 2.24) is 0 Å². The average Bonchev–Trinajstić information content (AvgIpc) is 3.64. The molecule has 0 amide bonds. The number of fused-ring (bicyclic) bond motifs is 12. The number of para-hydroxylation sites is 2. The second-order valence-corrected chi connectivity index (χ2v) is 15.3. The van der Waals surface area contributed by atoms with Crippen molar-refractivity contribution in [3.8, 4) is 44.9 Å². The molecule has 54 heavy (non-hydrogen) atoms. The normalized spacial score (nSPS) is 14.6. The number of hydrogen-bond donors (Lipinski definition) is 0. The predicted octanol–water partition coefficient (Wildman–Crippen LogP) is 13.6. The third-order valence-corrected chi connectivity index (χ3v) is 12.1. The van der Waals surface area contributed by atoms with Crippen LogP contribution in [0.15, 0.2) is 188 Å². The van der Waals surface area contributed by atoms with Crippen LogP contribution >= 0.6 is 0 Å². The fourth-order valence-electron chi connectivity index (χ4n) is 9.69. The molecule has 0 N–H and O–H groups in total. The van der Waals surface area contributed by atoms with Crippen LogP contribution in [0.5, 0.6) is 11.5 Å². The van der Waals surface area contributed by atoms with E-state index in [2.05, 4.69) is 207 Å². The van der Waals surface area contributed by atoms with Gasteiger partial charge in [0.1, 0.15) is 11.5 Å². The summed E-state index contributed by atoms with van der Waals surface area (Å²) in [4.78, 5) is 2.38. The second-order valence-electron chi connectivity index (χ2n) is 15.3. The van der Waals surface area contributed by atoms with Crippen LogP contribution < -0.4 is 9.64 Å². The number of anilines is 3. The summed E-state index contributed by atoms with van der Waals surface area (Å²) in [6.07, 6.45) is 0. The molecule has 8 aromatic rings. The van der Waals surface area contributed by atoms with Gasteiger partial charge in [-0.05, 0) is 110 Å². The van der Waals surface area contributed by atoms with Crippen LogP contribution in [0.4, 0.5) is 17.1 Å². The van der Waals surface area contributed by atoms with Crippen molar-refractivity contribution in [3.63, 3.8) is 0 Å². The molecule has 3 aliphatic rings. The molecule has 2 heteroatoms. The number of rotatable bonds is 4. The highest BCUT2D eigenvalue weighted by Gasteiger charge is 2.51. The van der Waals surface area contributed by atoms with Crippen LogP contribution in [0, 0.1) is 0 Å². The van der Waals surface area contributed by atoms with Gasteiger partial charge in [-0.3, -0.25) is 0 Å². The molecule has 256 valence electrons. The Bertz CT molecular complexity index is 2730. The van der Waals surface area contributed by atoms with E-state index in [-0.39, 0.29) is 5.41 Å². The monoisotopic (exact) mass is 691 g/mol. The first kappa shape index (κ1) is 30.9. The molecule has 0 unspecified atom stereocenters. The van der Waals surface area contributed by atoms with Gasteiger partial charge >= 0.3 is 0 Å². The number of ether oxygens (including phenoxy) is 1. The standard InChI is InChI=1S/C52H37NO/c1-51(2)43-19-9-6-16-39(43)42-30-29-38(33-47(42)51)53(36-14-4-3-5-15-36)37-27-24-34(25-28-37)35-26-31-50-48(32-35)52(46-22-12-13-23-49(46)54-50)44-20-10-7-17-40(44)41-18-8-11-21-45(41)52/h3-33H,1-2H3. The zero-order valence-corrected chi connectivity index (χ0v) is 30.3. The van der Waals surface area contributed by atoms with Gasteiger partial charge in [0.05, 0.1) is 5.41 Å². The van der Waals surface area contributed by atoms with Crippen molar-refractivity contribution in [1.29, 1.82) is 0 Å². The molecule has 8 aromatic carbocycles. The van der Waals surface area contributed by atoms with Crippen LogP contribution in [0.3, 0.4) is 0 Å². The van der Waals surface area contributed by atoms with Gasteiger partial charge in [-0.1, -0.05) is 147 Å². The fourth-order valence-corrected chi connectivity index (χ4v) is 9.69. The quantitative estimate of drug-likeness (QED) is 0.182. The summed E-state index contributed by atoms with van der Waals surface area (Å²) < 4.78 is 6.69. The predicted molar refractivity (Wildman–Crippen MR) is 222 cm³/mol. The SMILES string of the molecule is CC1(C)c2ccccc2-c2ccc(N(c3ccccc3)c3ccc(-c4ccc5c(c4)C4(c6ccccc6O5)c5ccccc5-c5ccccc54)cc3)cc21. The first-order chi connectivity index (χ1) is 26.5. The van der Waals surface area contributed by atoms with Crippen molar-refractivity contribution >= 4 is 17.1 Å². The van der Waals surface area contributed by atoms with Gasteiger partial charge in [-0.15, -0.1) is 0 Å². The molecule has 0 saturated carbocycles. The van der Waals surface area contributed by atoms with Crippen molar-refractivity contribution in [2.75, 3.05) is 4.90 Å². The topological polar surface area (TPSA) is 12.5 Å². The molecule has 11 rings (SSSR count). The first-order valence-electron chi connectivity index (χ1n) is 18.8. The highest BCUT2D eigenvalue weighted by Crippen LogP contribution is 2.62. The summed E-state index contributed by atoms with van der Waals surface area (Å²) in [5.41, 5.74) is 18.1. The lowest BCUT2D eigenvalue weighted by molar-refractivity contribution is 0.436. The molecule has 0 atom stereocenters. The highest BCUT2D eigenvalue weighted by atomic mass is 16.5. The maximum atomic E-state index is 6.69. The summed E-state index contributed by atoms with van der Waals surface area (Å²) in [6.45, 7) is 4.69. The van der Waals surface area contributed by atoms with E-state index in [4.69, 9.17) is 4.74 Å². The number of benzene rings is 8. The Labute approximate surface area is 316 Å². The fraction of sp³-hybridized carbons (Fsp3) is 0.0769. The number of nitrogens with zero attached hydrogens (tertiary/aromatic N) is 1. The van der Waals surface area contributed by atoms with Gasteiger partial charge < -0.3 is 9.64 Å². The summed E-state index contributed by atoms with van der Waals surface area (Å²) in [6, 6.07) is 68.7. The minimum absolute atomic E-state index is 0.0808. The Morgan fingerprint density at radius 3 is 1.56 bits per heavy atom. The van der Waals surface area contributed by atoms with E-state index in [1.165, 1.54) is 55.6 Å². The Morgan fingerprint density at radius 2 is 0.852 bits per heavy atom. The van der Waals surface area contributed by atoms with E-state index in [1.54, 1.807) is 0 Å². The zero-order chi connectivity index (χ0) is 36.0. The lowest BCUT2D eigenvalue weighted by Crippen LogP contribution is -2.32. The lowest BCUT2D eigenvalue weighted by atomic mass is 9.66. The summed E-state index contributed by atoms with van der Waals surface area (Å²) in [5, 5.41) is 0. The maximum Gasteiger partial charge on any atom is 0.132 e. The summed E-state index contributed by atoms with van der Waals surface area (Å²) in [5.74, 6) is 1.81. The van der Waals surface area contributed by atoms with Crippen molar-refractivity contribution in [2.45, 2.75) is 24.7 Å². The minimum Gasteiger partial charge on any atom is -0.457 e. The van der Waals surface area contributed by atoms with Crippen molar-refractivity contribution in [2.24, 2.45) is 0 Å². The molecule has 2 nitrogen and oxygen atoms in total. The maximum absolute atomic E-state index is 6.69. The molecule has 0 aromatic heterocycles. The van der Waals surface area contributed by atoms with E-state index >= 15 is 0 Å². The average molecular weight is 692 g/mol. The van der Waals surface area contributed by atoms with Crippen LogP contribution in [0.25, 0.3) is 33.4 Å². The van der Waals surface area contributed by atoms with Crippen LogP contribution in [0.2, 0.25) is 0 Å². The third kappa shape index (κ3) is 4.22. The minimum atomic E-state index is -0.488. The van der Waals surface area contributed by atoms with Gasteiger partial charge in [0, 0.05) is 33.6 Å². The summed E-state index contributed by atoms with van der Waals surface area (Å²) >= 11 is 0. The molecule has 2 aliphatic carbocycles. The Morgan fingerprint density at radius 1 is 0.352 bits per heavy atom. The Kier molecular flexibility index (Phi) is 6.55.